The molecule has 1 radical (unpaired) electrons. The number of carbonyl (C=O) groups is 1. The molecule has 0 heterocycles. The largest absolute Gasteiger partial charge is 0.299 e. The molecule has 0 rings (SSSR count). The zero-order chi connectivity index (χ0) is 12.2. The molecular formula is C12H19BrIO2. The topological polar surface area (TPSA) is 34.1 Å². The van der Waals surface area contributed by atoms with Gasteiger partial charge in [0.1, 0.15) is 5.78 Å². The van der Waals surface area contributed by atoms with Gasteiger partial charge in [-0.1, -0.05) is 51.4 Å². The van der Waals surface area contributed by atoms with Crippen molar-refractivity contribution in [3.05, 3.63) is 0 Å². The van der Waals surface area contributed by atoms with Crippen molar-refractivity contribution in [2.45, 2.75) is 44.9 Å². The van der Waals surface area contributed by atoms with Crippen LogP contribution in [0.25, 0.3) is 0 Å². The van der Waals surface area contributed by atoms with Gasteiger partial charge >= 0.3 is 0 Å². The maximum Gasteiger partial charge on any atom is 0.209 e. The lowest BCUT2D eigenvalue weighted by Gasteiger charge is -2.07. The third-order valence-corrected chi connectivity index (χ3v) is 3.79. The van der Waals surface area contributed by atoms with Crippen molar-refractivity contribution in [3.63, 3.8) is 0 Å². The highest BCUT2D eigenvalue weighted by Crippen LogP contribution is 2.13. The summed E-state index contributed by atoms with van der Waals surface area (Å²) in [6, 6.07) is 0. The van der Waals surface area contributed by atoms with Crippen molar-refractivity contribution < 1.29 is 9.59 Å². The zero-order valence-corrected chi connectivity index (χ0v) is 13.3. The molecule has 0 aliphatic carbocycles. The molecule has 16 heavy (non-hydrogen) atoms. The van der Waals surface area contributed by atoms with Crippen LogP contribution in [0.2, 0.25) is 0 Å². The minimum Gasteiger partial charge on any atom is -0.299 e. The summed E-state index contributed by atoms with van der Waals surface area (Å²) < 4.78 is 1.14. The second-order valence-electron chi connectivity index (χ2n) is 3.82. The Balaban J connectivity index is 3.69. The van der Waals surface area contributed by atoms with Crippen LogP contribution in [0.3, 0.4) is 0 Å². The standard InChI is InChI=1S/C12H19BrIO2/c13-8-4-3-6-11(10-15)12(16)7-2-1-5-9-14/h11H,1-9H2. The number of hydrogen-bond acceptors (Lipinski definition) is 2. The quantitative estimate of drug-likeness (QED) is 0.228. The van der Waals surface area contributed by atoms with Gasteiger partial charge < -0.3 is 0 Å². The highest BCUT2D eigenvalue weighted by atomic mass is 127. The molecule has 0 aromatic heterocycles. The smallest absolute Gasteiger partial charge is 0.209 e. The van der Waals surface area contributed by atoms with E-state index >= 15 is 0 Å². The van der Waals surface area contributed by atoms with Gasteiger partial charge in [-0.3, -0.25) is 9.59 Å². The number of alkyl halides is 2. The van der Waals surface area contributed by atoms with Crippen molar-refractivity contribution in [1.82, 2.24) is 0 Å². The highest BCUT2D eigenvalue weighted by Gasteiger charge is 2.17. The first kappa shape index (κ1) is 16.6. The van der Waals surface area contributed by atoms with Gasteiger partial charge in [-0.05, 0) is 30.1 Å². The van der Waals surface area contributed by atoms with Crippen molar-refractivity contribution in [1.29, 1.82) is 0 Å². The van der Waals surface area contributed by atoms with Crippen LogP contribution in [0.4, 0.5) is 0 Å². The SMILES string of the molecule is O=[C]C(CCCCBr)C(=O)CCCCCI. The second-order valence-corrected chi connectivity index (χ2v) is 5.69. The summed E-state index contributed by atoms with van der Waals surface area (Å²) in [5, 5.41) is 0.933. The van der Waals surface area contributed by atoms with Crippen LogP contribution in [-0.4, -0.2) is 21.8 Å². The van der Waals surface area contributed by atoms with Gasteiger partial charge in [-0.2, -0.15) is 0 Å². The molecular weight excluding hydrogens is 383 g/mol. The molecule has 1 atom stereocenters. The normalized spacial score (nSPS) is 12.4. The van der Waals surface area contributed by atoms with Crippen LogP contribution >= 0.6 is 38.5 Å². The van der Waals surface area contributed by atoms with Gasteiger partial charge in [0, 0.05) is 11.8 Å². The van der Waals surface area contributed by atoms with Crippen LogP contribution < -0.4 is 0 Å². The summed E-state index contributed by atoms with van der Waals surface area (Å²) in [6.45, 7) is 0. The summed E-state index contributed by atoms with van der Waals surface area (Å²) in [5.74, 6) is -0.392. The van der Waals surface area contributed by atoms with Gasteiger partial charge in [-0.15, -0.1) is 0 Å². The number of halogens is 2. The number of ketones is 1. The molecule has 0 spiro atoms. The van der Waals surface area contributed by atoms with Crippen LogP contribution in [0, 0.1) is 5.92 Å². The highest BCUT2D eigenvalue weighted by molar-refractivity contribution is 14.1. The molecule has 4 heteroatoms. The van der Waals surface area contributed by atoms with Crippen molar-refractivity contribution in [2.24, 2.45) is 5.92 Å². The van der Waals surface area contributed by atoms with E-state index in [-0.39, 0.29) is 5.78 Å². The van der Waals surface area contributed by atoms with E-state index in [1.165, 1.54) is 0 Å². The molecule has 2 nitrogen and oxygen atoms in total. The fourth-order valence-electron chi connectivity index (χ4n) is 1.47. The number of hydrogen-bond donors (Lipinski definition) is 0. The Hall–Kier alpha value is 0.550. The molecule has 0 aromatic rings. The van der Waals surface area contributed by atoms with Crippen LogP contribution in [-0.2, 0) is 9.59 Å². The van der Waals surface area contributed by atoms with Crippen LogP contribution in [0.5, 0.6) is 0 Å². The fraction of sp³-hybridized carbons (Fsp3) is 0.833. The molecule has 0 saturated carbocycles. The average Bonchev–Trinajstić information content (AvgIpc) is 2.30. The average molecular weight is 402 g/mol. The third-order valence-electron chi connectivity index (χ3n) is 2.46. The summed E-state index contributed by atoms with van der Waals surface area (Å²) in [7, 11) is 0. The van der Waals surface area contributed by atoms with Gasteiger partial charge in [0.15, 0.2) is 0 Å². The fourth-order valence-corrected chi connectivity index (χ4v) is 2.41. The van der Waals surface area contributed by atoms with Gasteiger partial charge in [0.05, 0.1) is 5.92 Å². The van der Waals surface area contributed by atoms with Crippen molar-refractivity contribution in [3.8, 4) is 0 Å². The molecule has 0 aromatic carbocycles. The van der Waals surface area contributed by atoms with Crippen LogP contribution in [0.1, 0.15) is 44.9 Å². The van der Waals surface area contributed by atoms with Gasteiger partial charge in [0.25, 0.3) is 0 Å². The molecule has 0 bridgehead atoms. The Bertz CT molecular complexity index is 197. The predicted molar refractivity (Wildman–Crippen MR) is 79.2 cm³/mol. The van der Waals surface area contributed by atoms with E-state index in [2.05, 4.69) is 38.5 Å². The van der Waals surface area contributed by atoms with Gasteiger partial charge in [-0.25, -0.2) is 0 Å². The predicted octanol–water partition coefficient (Wildman–Crippen LogP) is 3.84. The Morgan fingerprint density at radius 3 is 2.50 bits per heavy atom. The Morgan fingerprint density at radius 2 is 1.94 bits per heavy atom. The molecule has 0 aliphatic heterocycles. The van der Waals surface area contributed by atoms with Crippen molar-refractivity contribution >= 4 is 50.6 Å². The first-order chi connectivity index (χ1) is 7.76. The van der Waals surface area contributed by atoms with E-state index in [0.29, 0.717) is 12.8 Å². The first-order valence-electron chi connectivity index (χ1n) is 5.78. The second kappa shape index (κ2) is 12.0. The molecule has 93 valence electrons. The van der Waals surface area contributed by atoms with E-state index in [9.17, 15) is 9.59 Å². The summed E-state index contributed by atoms with van der Waals surface area (Å²) in [5.41, 5.74) is 0. The summed E-state index contributed by atoms with van der Waals surface area (Å²) in [4.78, 5) is 22.3. The molecule has 1 unspecified atom stereocenters. The van der Waals surface area contributed by atoms with Crippen molar-refractivity contribution in [2.75, 3.05) is 9.76 Å². The summed E-state index contributed by atoms with van der Waals surface area (Å²) in [6.07, 6.45) is 8.19. The lowest BCUT2D eigenvalue weighted by molar-refractivity contribution is -0.121. The number of Topliss-reactive ketones (excluding diaryl/α,β-unsaturated/α-hetero) is 1. The molecule has 0 aliphatic rings. The van der Waals surface area contributed by atoms with E-state index in [0.717, 1.165) is 41.9 Å². The molecule has 0 N–H and O–H groups in total. The lowest BCUT2D eigenvalue weighted by atomic mass is 9.95. The van der Waals surface area contributed by atoms with E-state index in [4.69, 9.17) is 0 Å². The lowest BCUT2D eigenvalue weighted by Crippen LogP contribution is -2.15. The maximum absolute atomic E-state index is 11.7. The zero-order valence-electron chi connectivity index (χ0n) is 9.51. The Morgan fingerprint density at radius 1 is 1.19 bits per heavy atom. The number of rotatable bonds is 11. The van der Waals surface area contributed by atoms with E-state index in [1.807, 2.05) is 6.29 Å². The van der Waals surface area contributed by atoms with Gasteiger partial charge in [0.2, 0.25) is 6.29 Å². The van der Waals surface area contributed by atoms with E-state index < -0.39 is 5.92 Å². The summed E-state index contributed by atoms with van der Waals surface area (Å²) >= 11 is 5.67. The third kappa shape index (κ3) is 8.67. The van der Waals surface area contributed by atoms with E-state index in [1.54, 1.807) is 0 Å². The maximum atomic E-state index is 11.7. The minimum absolute atomic E-state index is 0.0815. The first-order valence-corrected chi connectivity index (χ1v) is 8.43. The monoisotopic (exact) mass is 401 g/mol. The Kier molecular flexibility index (Phi) is 12.4. The molecule has 0 fully saturated rings. The minimum atomic E-state index is -0.473. The molecule has 0 amide bonds. The number of carbonyl (C=O) groups excluding carboxylic acids is 2. The van der Waals surface area contributed by atoms with Crippen LogP contribution in [0.15, 0.2) is 0 Å². The molecule has 0 saturated heterocycles. The Labute approximate surface area is 120 Å². The number of unbranched alkanes of at least 4 members (excludes halogenated alkanes) is 3.